The zero-order valence-corrected chi connectivity index (χ0v) is 12.4. The van der Waals surface area contributed by atoms with Gasteiger partial charge in [0.05, 0.1) is 10.6 Å². The third kappa shape index (κ3) is 4.08. The summed E-state index contributed by atoms with van der Waals surface area (Å²) in [6.45, 7) is 1.62. The van der Waals surface area contributed by atoms with Crippen molar-refractivity contribution in [3.8, 4) is 0 Å². The molecule has 1 amide bonds. The molecule has 1 aliphatic rings. The number of aromatic nitrogens is 1. The molecule has 5 nitrogen and oxygen atoms in total. The van der Waals surface area contributed by atoms with Gasteiger partial charge in [0.1, 0.15) is 5.15 Å². The highest BCUT2D eigenvalue weighted by atomic mass is 35.5. The molecule has 1 aromatic heterocycles. The van der Waals surface area contributed by atoms with Crippen LogP contribution in [0.3, 0.4) is 0 Å². The van der Waals surface area contributed by atoms with Crippen molar-refractivity contribution in [1.29, 1.82) is 0 Å². The average molecular weight is 317 g/mol. The Kier molecular flexibility index (Phi) is 4.83. The molecule has 0 spiro atoms. The minimum Gasteiger partial charge on any atom is -0.452 e. The number of rotatable bonds is 5. The van der Waals surface area contributed by atoms with Crippen molar-refractivity contribution < 1.29 is 14.3 Å². The Hall–Kier alpha value is -1.33. The van der Waals surface area contributed by atoms with Crippen LogP contribution in [-0.2, 0) is 9.53 Å². The van der Waals surface area contributed by atoms with Crippen molar-refractivity contribution in [2.45, 2.75) is 25.8 Å². The number of nitrogens with zero attached hydrogens (tertiary/aromatic N) is 1. The number of nitrogens with one attached hydrogen (secondary N) is 1. The normalized spacial score (nSPS) is 15.6. The number of ether oxygens (including phenoxy) is 1. The van der Waals surface area contributed by atoms with E-state index in [9.17, 15) is 9.59 Å². The maximum Gasteiger partial charge on any atom is 0.340 e. The van der Waals surface area contributed by atoms with E-state index in [-0.39, 0.29) is 34.3 Å². The van der Waals surface area contributed by atoms with Gasteiger partial charge in [0.25, 0.3) is 5.91 Å². The van der Waals surface area contributed by atoms with Crippen molar-refractivity contribution in [3.63, 3.8) is 0 Å². The molecular weight excluding hydrogens is 303 g/mol. The molecule has 0 unspecified atom stereocenters. The molecule has 1 fully saturated rings. The molecule has 0 aliphatic heterocycles. The van der Waals surface area contributed by atoms with Gasteiger partial charge >= 0.3 is 5.97 Å². The second kappa shape index (κ2) is 6.41. The number of pyridine rings is 1. The molecule has 2 rings (SSSR count). The molecular formula is C13H14Cl2N2O3. The van der Waals surface area contributed by atoms with Gasteiger partial charge in [-0.2, -0.15) is 0 Å². The molecule has 1 saturated carbocycles. The summed E-state index contributed by atoms with van der Waals surface area (Å²) in [4.78, 5) is 27.0. The largest absolute Gasteiger partial charge is 0.452 e. The monoisotopic (exact) mass is 316 g/mol. The number of esters is 1. The van der Waals surface area contributed by atoms with Crippen molar-refractivity contribution in [2.75, 3.05) is 6.61 Å². The third-order valence-electron chi connectivity index (χ3n) is 3.08. The maximum absolute atomic E-state index is 11.7. The lowest BCUT2D eigenvalue weighted by molar-refractivity contribution is -0.124. The quantitative estimate of drug-likeness (QED) is 0.669. The van der Waals surface area contributed by atoms with Gasteiger partial charge in [-0.1, -0.05) is 23.2 Å². The molecule has 1 N–H and O–H groups in total. The van der Waals surface area contributed by atoms with Gasteiger partial charge in [0.2, 0.25) is 0 Å². The maximum atomic E-state index is 11.7. The van der Waals surface area contributed by atoms with Crippen LogP contribution in [0.15, 0.2) is 12.3 Å². The van der Waals surface area contributed by atoms with Gasteiger partial charge in [0.15, 0.2) is 6.61 Å². The summed E-state index contributed by atoms with van der Waals surface area (Å²) < 4.78 is 4.89. The Labute approximate surface area is 126 Å². The Bertz CT molecular complexity index is 532. The highest BCUT2D eigenvalue weighted by Crippen LogP contribution is 2.32. The van der Waals surface area contributed by atoms with E-state index in [0.29, 0.717) is 5.92 Å². The van der Waals surface area contributed by atoms with E-state index >= 15 is 0 Å². The summed E-state index contributed by atoms with van der Waals surface area (Å²) in [5.74, 6) is -0.426. The summed E-state index contributed by atoms with van der Waals surface area (Å²) in [6.07, 6.45) is 3.52. The number of hydrogen-bond acceptors (Lipinski definition) is 4. The number of hydrogen-bond donors (Lipinski definition) is 1. The Morgan fingerprint density at radius 3 is 2.80 bits per heavy atom. The van der Waals surface area contributed by atoms with Crippen molar-refractivity contribution >= 4 is 35.1 Å². The summed E-state index contributed by atoms with van der Waals surface area (Å²) in [6, 6.07) is 1.47. The number of amides is 1. The fraction of sp³-hybridized carbons (Fsp3) is 0.462. The van der Waals surface area contributed by atoms with Crippen LogP contribution in [0.25, 0.3) is 0 Å². The number of carbonyl (C=O) groups is 2. The molecule has 0 radical (unpaired) electrons. The average Bonchev–Trinajstić information content (AvgIpc) is 3.23. The fourth-order valence-corrected chi connectivity index (χ4v) is 2.03. The van der Waals surface area contributed by atoms with Crippen LogP contribution in [-0.4, -0.2) is 29.5 Å². The van der Waals surface area contributed by atoms with Crippen LogP contribution in [0, 0.1) is 5.92 Å². The topological polar surface area (TPSA) is 68.3 Å². The van der Waals surface area contributed by atoms with E-state index < -0.39 is 5.97 Å². The summed E-state index contributed by atoms with van der Waals surface area (Å²) in [5, 5.41) is 3.06. The lowest BCUT2D eigenvalue weighted by Crippen LogP contribution is -2.37. The summed E-state index contributed by atoms with van der Waals surface area (Å²) >= 11 is 11.4. The molecule has 108 valence electrons. The van der Waals surface area contributed by atoms with Gasteiger partial charge in [-0.3, -0.25) is 4.79 Å². The van der Waals surface area contributed by atoms with E-state index in [2.05, 4.69) is 10.3 Å². The smallest absolute Gasteiger partial charge is 0.340 e. The fourth-order valence-electron chi connectivity index (χ4n) is 1.76. The standard InChI is InChI=1S/C13H14Cl2N2O3/c1-7(8-2-3-8)17-11(18)6-20-13(19)9-4-10(14)12(15)16-5-9/h4-5,7-8H,2-3,6H2,1H3,(H,17,18)/t7-/m0/s1. The molecule has 7 heteroatoms. The van der Waals surface area contributed by atoms with Crippen LogP contribution in [0.1, 0.15) is 30.1 Å². The van der Waals surface area contributed by atoms with Crippen LogP contribution in [0.5, 0.6) is 0 Å². The second-order valence-corrected chi connectivity index (χ2v) is 5.53. The predicted molar refractivity (Wildman–Crippen MR) is 74.9 cm³/mol. The highest BCUT2D eigenvalue weighted by molar-refractivity contribution is 6.41. The first-order chi connectivity index (χ1) is 9.47. The zero-order chi connectivity index (χ0) is 14.7. The van der Waals surface area contributed by atoms with Gasteiger partial charge < -0.3 is 10.1 Å². The first-order valence-electron chi connectivity index (χ1n) is 6.25. The Morgan fingerprint density at radius 2 is 2.20 bits per heavy atom. The van der Waals surface area contributed by atoms with Gasteiger partial charge in [-0.05, 0) is 31.7 Å². The second-order valence-electron chi connectivity index (χ2n) is 4.77. The lowest BCUT2D eigenvalue weighted by atomic mass is 10.2. The van der Waals surface area contributed by atoms with Crippen LogP contribution in [0.4, 0.5) is 0 Å². The highest BCUT2D eigenvalue weighted by Gasteiger charge is 2.29. The zero-order valence-electron chi connectivity index (χ0n) is 10.9. The van der Waals surface area contributed by atoms with Gasteiger partial charge in [0, 0.05) is 12.2 Å². The molecule has 20 heavy (non-hydrogen) atoms. The Morgan fingerprint density at radius 1 is 1.50 bits per heavy atom. The van der Waals surface area contributed by atoms with E-state index in [1.807, 2.05) is 6.92 Å². The predicted octanol–water partition coefficient (Wildman–Crippen LogP) is 2.46. The van der Waals surface area contributed by atoms with Crippen molar-refractivity contribution in [3.05, 3.63) is 28.0 Å². The third-order valence-corrected chi connectivity index (χ3v) is 3.77. The molecule has 1 heterocycles. The van der Waals surface area contributed by atoms with Crippen LogP contribution >= 0.6 is 23.2 Å². The van der Waals surface area contributed by atoms with E-state index in [0.717, 1.165) is 12.8 Å². The van der Waals surface area contributed by atoms with Gasteiger partial charge in [-0.25, -0.2) is 9.78 Å². The first-order valence-corrected chi connectivity index (χ1v) is 7.00. The van der Waals surface area contributed by atoms with Crippen molar-refractivity contribution in [1.82, 2.24) is 10.3 Å². The molecule has 1 aliphatic carbocycles. The minimum atomic E-state index is -0.662. The van der Waals surface area contributed by atoms with E-state index in [1.54, 1.807) is 0 Å². The number of carbonyl (C=O) groups excluding carboxylic acids is 2. The molecule has 0 aromatic carbocycles. The van der Waals surface area contributed by atoms with Crippen molar-refractivity contribution in [2.24, 2.45) is 5.92 Å². The minimum absolute atomic E-state index is 0.110. The van der Waals surface area contributed by atoms with Gasteiger partial charge in [-0.15, -0.1) is 0 Å². The summed E-state index contributed by atoms with van der Waals surface area (Å²) in [5.41, 5.74) is 0.155. The Balaban J connectivity index is 1.81. The number of halogens is 2. The first kappa shape index (κ1) is 15.1. The summed E-state index contributed by atoms with van der Waals surface area (Å²) in [7, 11) is 0. The van der Waals surface area contributed by atoms with Crippen LogP contribution < -0.4 is 5.32 Å². The lowest BCUT2D eigenvalue weighted by Gasteiger charge is -2.12. The molecule has 0 saturated heterocycles. The van der Waals surface area contributed by atoms with Crippen LogP contribution in [0.2, 0.25) is 10.2 Å². The molecule has 1 aromatic rings. The molecule has 1 atom stereocenters. The van der Waals surface area contributed by atoms with E-state index in [4.69, 9.17) is 27.9 Å². The van der Waals surface area contributed by atoms with E-state index in [1.165, 1.54) is 12.3 Å². The SMILES string of the molecule is C[C@H](NC(=O)COC(=O)c1cnc(Cl)c(Cl)c1)C1CC1. The molecule has 0 bridgehead atoms.